The van der Waals surface area contributed by atoms with Gasteiger partial charge in [-0.05, 0) is 47.2 Å². The SMILES string of the molecule is COc1cc(N)c(Br)cc1C(=O)CCC1CCN(C(=O)O)CC1. The highest BCUT2D eigenvalue weighted by molar-refractivity contribution is 9.10. The van der Waals surface area contributed by atoms with Gasteiger partial charge >= 0.3 is 6.09 Å². The van der Waals surface area contributed by atoms with Crippen LogP contribution in [0.3, 0.4) is 0 Å². The van der Waals surface area contributed by atoms with E-state index in [4.69, 9.17) is 15.6 Å². The molecule has 0 spiro atoms. The normalized spacial score (nSPS) is 15.5. The Hall–Kier alpha value is -1.76. The van der Waals surface area contributed by atoms with E-state index in [1.54, 1.807) is 12.1 Å². The molecule has 1 heterocycles. The van der Waals surface area contributed by atoms with Gasteiger partial charge < -0.3 is 20.5 Å². The number of carboxylic acid groups (broad SMARTS) is 1. The van der Waals surface area contributed by atoms with E-state index in [9.17, 15) is 9.59 Å². The summed E-state index contributed by atoms with van der Waals surface area (Å²) in [4.78, 5) is 24.8. The molecule has 2 rings (SSSR count). The van der Waals surface area contributed by atoms with Crippen LogP contribution in [0.4, 0.5) is 10.5 Å². The molecule has 0 saturated carbocycles. The first-order chi connectivity index (χ1) is 10.9. The smallest absolute Gasteiger partial charge is 0.407 e. The Kier molecular flexibility index (Phi) is 5.87. The average molecular weight is 385 g/mol. The van der Waals surface area contributed by atoms with E-state index in [2.05, 4.69) is 15.9 Å². The van der Waals surface area contributed by atoms with E-state index in [1.165, 1.54) is 12.0 Å². The highest BCUT2D eigenvalue weighted by Gasteiger charge is 2.23. The molecule has 7 heteroatoms. The van der Waals surface area contributed by atoms with E-state index < -0.39 is 6.09 Å². The summed E-state index contributed by atoms with van der Waals surface area (Å²) in [6, 6.07) is 3.34. The van der Waals surface area contributed by atoms with E-state index in [-0.39, 0.29) is 5.78 Å². The average Bonchev–Trinajstić information content (AvgIpc) is 2.55. The fraction of sp³-hybridized carbons (Fsp3) is 0.500. The molecule has 1 aliphatic heterocycles. The van der Waals surface area contributed by atoms with Gasteiger partial charge in [-0.3, -0.25) is 4.79 Å². The van der Waals surface area contributed by atoms with Gasteiger partial charge in [-0.25, -0.2) is 4.79 Å². The highest BCUT2D eigenvalue weighted by atomic mass is 79.9. The lowest BCUT2D eigenvalue weighted by atomic mass is 9.90. The molecule has 0 bridgehead atoms. The van der Waals surface area contributed by atoms with Gasteiger partial charge in [0.2, 0.25) is 0 Å². The molecule has 1 aliphatic rings. The highest BCUT2D eigenvalue weighted by Crippen LogP contribution is 2.31. The lowest BCUT2D eigenvalue weighted by Crippen LogP contribution is -2.37. The van der Waals surface area contributed by atoms with Crippen LogP contribution in [0.1, 0.15) is 36.0 Å². The number of carbonyl (C=O) groups is 2. The molecule has 23 heavy (non-hydrogen) atoms. The van der Waals surface area contributed by atoms with Crippen LogP contribution in [0, 0.1) is 5.92 Å². The minimum atomic E-state index is -0.865. The van der Waals surface area contributed by atoms with Gasteiger partial charge in [0, 0.05) is 35.7 Å². The zero-order valence-corrected chi connectivity index (χ0v) is 14.6. The number of nitrogens with two attached hydrogens (primary N) is 1. The van der Waals surface area contributed by atoms with Crippen LogP contribution >= 0.6 is 15.9 Å². The second-order valence-corrected chi connectivity index (χ2v) is 6.60. The molecule has 1 aromatic rings. The molecule has 1 fully saturated rings. The lowest BCUT2D eigenvalue weighted by Gasteiger charge is -2.29. The van der Waals surface area contributed by atoms with Crippen molar-refractivity contribution < 1.29 is 19.4 Å². The van der Waals surface area contributed by atoms with E-state index in [0.717, 1.165) is 19.3 Å². The maximum absolute atomic E-state index is 12.5. The minimum Gasteiger partial charge on any atom is -0.496 e. The molecule has 0 unspecified atom stereocenters. The number of amides is 1. The van der Waals surface area contributed by atoms with E-state index >= 15 is 0 Å². The monoisotopic (exact) mass is 384 g/mol. The number of nitrogen functional groups attached to an aromatic ring is 1. The van der Waals surface area contributed by atoms with Crippen LogP contribution < -0.4 is 10.5 Å². The number of halogens is 1. The van der Waals surface area contributed by atoms with E-state index in [0.29, 0.717) is 46.9 Å². The molecule has 1 amide bonds. The van der Waals surface area contributed by atoms with Gasteiger partial charge in [0.25, 0.3) is 0 Å². The number of benzene rings is 1. The quantitative estimate of drug-likeness (QED) is 0.599. The summed E-state index contributed by atoms with van der Waals surface area (Å²) in [7, 11) is 1.51. The van der Waals surface area contributed by atoms with Gasteiger partial charge in [0.1, 0.15) is 5.75 Å². The fourth-order valence-corrected chi connectivity index (χ4v) is 3.18. The number of piperidine rings is 1. The van der Waals surface area contributed by atoms with Crippen LogP contribution in [0.15, 0.2) is 16.6 Å². The lowest BCUT2D eigenvalue weighted by molar-refractivity contribution is 0.0950. The zero-order valence-electron chi connectivity index (χ0n) is 13.0. The molecule has 0 aromatic heterocycles. The number of ether oxygens (including phenoxy) is 1. The molecule has 0 radical (unpaired) electrons. The van der Waals surface area contributed by atoms with Crippen molar-refractivity contribution in [1.29, 1.82) is 0 Å². The van der Waals surface area contributed by atoms with Crippen molar-refractivity contribution in [2.45, 2.75) is 25.7 Å². The Morgan fingerprint density at radius 3 is 2.61 bits per heavy atom. The number of anilines is 1. The number of rotatable bonds is 5. The van der Waals surface area contributed by atoms with Gasteiger partial charge in [-0.2, -0.15) is 0 Å². The first-order valence-electron chi connectivity index (χ1n) is 7.56. The van der Waals surface area contributed by atoms with Crippen molar-refractivity contribution in [3.8, 4) is 5.75 Å². The Balaban J connectivity index is 1.93. The summed E-state index contributed by atoms with van der Waals surface area (Å²) in [6.45, 7) is 1.09. The first kappa shape index (κ1) is 17.6. The number of nitrogens with zero attached hydrogens (tertiary/aromatic N) is 1. The standard InChI is InChI=1S/C16H21BrN2O4/c1-23-15-9-13(18)12(17)8-11(15)14(20)3-2-10-4-6-19(7-5-10)16(21)22/h8-10H,2-7,18H2,1H3,(H,21,22). The van der Waals surface area contributed by atoms with Gasteiger partial charge in [0.15, 0.2) is 5.78 Å². The first-order valence-corrected chi connectivity index (χ1v) is 8.35. The fourth-order valence-electron chi connectivity index (χ4n) is 2.84. The summed E-state index contributed by atoms with van der Waals surface area (Å²) < 4.78 is 5.92. The summed E-state index contributed by atoms with van der Waals surface area (Å²) >= 11 is 3.33. The van der Waals surface area contributed by atoms with Crippen LogP contribution in [-0.2, 0) is 0 Å². The number of methoxy groups -OCH3 is 1. The predicted octanol–water partition coefficient (Wildman–Crippen LogP) is 3.39. The number of likely N-dealkylation sites (tertiary alicyclic amines) is 1. The maximum atomic E-state index is 12.5. The number of Topliss-reactive ketones (excluding diaryl/α,β-unsaturated/α-hetero) is 1. The molecule has 3 N–H and O–H groups in total. The maximum Gasteiger partial charge on any atom is 0.407 e. The van der Waals surface area contributed by atoms with Gasteiger partial charge in [0.05, 0.1) is 12.7 Å². The van der Waals surface area contributed by atoms with Crippen molar-refractivity contribution >= 4 is 33.5 Å². The molecular weight excluding hydrogens is 364 g/mol. The minimum absolute atomic E-state index is 0.0169. The molecule has 126 valence electrons. The van der Waals surface area contributed by atoms with Crippen LogP contribution in [-0.4, -0.2) is 42.1 Å². The van der Waals surface area contributed by atoms with Crippen molar-refractivity contribution in [3.63, 3.8) is 0 Å². The Morgan fingerprint density at radius 1 is 1.39 bits per heavy atom. The molecule has 1 saturated heterocycles. The summed E-state index contributed by atoms with van der Waals surface area (Å²) in [5, 5.41) is 8.94. The summed E-state index contributed by atoms with van der Waals surface area (Å²) in [6.07, 6.45) is 1.93. The van der Waals surface area contributed by atoms with Crippen LogP contribution in [0.25, 0.3) is 0 Å². The number of hydrogen-bond donors (Lipinski definition) is 2. The van der Waals surface area contributed by atoms with Crippen LogP contribution in [0.5, 0.6) is 5.75 Å². The second-order valence-electron chi connectivity index (χ2n) is 5.75. The Labute approximate surface area is 143 Å². The van der Waals surface area contributed by atoms with Crippen molar-refractivity contribution in [2.24, 2.45) is 5.92 Å². The molecule has 6 nitrogen and oxygen atoms in total. The number of hydrogen-bond acceptors (Lipinski definition) is 4. The van der Waals surface area contributed by atoms with Crippen molar-refractivity contribution in [1.82, 2.24) is 4.90 Å². The molecular formula is C16H21BrN2O4. The molecule has 0 aliphatic carbocycles. The third-order valence-corrected chi connectivity index (χ3v) is 4.97. The second kappa shape index (κ2) is 7.68. The topological polar surface area (TPSA) is 92.9 Å². The predicted molar refractivity (Wildman–Crippen MR) is 91.0 cm³/mol. The van der Waals surface area contributed by atoms with Gasteiger partial charge in [-0.15, -0.1) is 0 Å². The zero-order chi connectivity index (χ0) is 17.0. The largest absolute Gasteiger partial charge is 0.496 e. The number of carbonyl (C=O) groups excluding carboxylic acids is 1. The van der Waals surface area contributed by atoms with E-state index in [1.807, 2.05) is 0 Å². The Bertz CT molecular complexity index is 598. The summed E-state index contributed by atoms with van der Waals surface area (Å²) in [5.41, 5.74) is 6.85. The summed E-state index contributed by atoms with van der Waals surface area (Å²) in [5.74, 6) is 0.886. The third-order valence-electron chi connectivity index (χ3n) is 4.28. The molecule has 1 aromatic carbocycles. The van der Waals surface area contributed by atoms with Gasteiger partial charge in [-0.1, -0.05) is 0 Å². The van der Waals surface area contributed by atoms with Crippen molar-refractivity contribution in [2.75, 3.05) is 25.9 Å². The van der Waals surface area contributed by atoms with Crippen molar-refractivity contribution in [3.05, 3.63) is 22.2 Å². The molecule has 0 atom stereocenters. The Morgan fingerprint density at radius 2 is 2.04 bits per heavy atom. The third kappa shape index (κ3) is 4.37. The van der Waals surface area contributed by atoms with Crippen LogP contribution in [0.2, 0.25) is 0 Å². The number of ketones is 1.